The molecule has 1 aromatic carbocycles. The van der Waals surface area contributed by atoms with Crippen molar-refractivity contribution < 1.29 is 4.79 Å². The van der Waals surface area contributed by atoms with Gasteiger partial charge in [-0.25, -0.2) is 0 Å². The van der Waals surface area contributed by atoms with Crippen molar-refractivity contribution in [3.63, 3.8) is 0 Å². The first-order valence-corrected chi connectivity index (χ1v) is 8.10. The first-order chi connectivity index (χ1) is 9.78. The zero-order valence-electron chi connectivity index (χ0n) is 12.0. The zero-order valence-corrected chi connectivity index (χ0v) is 12.8. The quantitative estimate of drug-likeness (QED) is 0.585. The second kappa shape index (κ2) is 8.29. The summed E-state index contributed by atoms with van der Waals surface area (Å²) in [6.07, 6.45) is 1.13. The van der Waals surface area contributed by atoms with Gasteiger partial charge in [0.25, 0.3) is 0 Å². The van der Waals surface area contributed by atoms with E-state index in [9.17, 15) is 4.79 Å². The largest absolute Gasteiger partial charge is 0.354 e. The van der Waals surface area contributed by atoms with Gasteiger partial charge < -0.3 is 10.6 Å². The second-order valence-corrected chi connectivity index (χ2v) is 6.19. The Morgan fingerprint density at radius 2 is 2.20 bits per heavy atom. The van der Waals surface area contributed by atoms with Crippen molar-refractivity contribution in [3.05, 3.63) is 30.3 Å². The minimum Gasteiger partial charge on any atom is -0.354 e. The topological polar surface area (TPSA) is 44.4 Å². The number of likely N-dealkylation sites (tertiary alicyclic amines) is 1. The molecule has 1 aromatic rings. The van der Waals surface area contributed by atoms with Crippen molar-refractivity contribution in [2.24, 2.45) is 0 Å². The molecule has 5 heteroatoms. The van der Waals surface area contributed by atoms with Gasteiger partial charge in [-0.05, 0) is 25.6 Å². The summed E-state index contributed by atoms with van der Waals surface area (Å²) in [5.74, 6) is 1.05. The highest BCUT2D eigenvalue weighted by molar-refractivity contribution is 7.99. The number of carbonyl (C=O) groups is 1. The first-order valence-electron chi connectivity index (χ1n) is 7.12. The van der Waals surface area contributed by atoms with E-state index in [1.165, 1.54) is 4.90 Å². The predicted octanol–water partition coefficient (Wildman–Crippen LogP) is 1.19. The number of carbonyl (C=O) groups excluding carboxylic acids is 1. The Morgan fingerprint density at radius 3 is 2.90 bits per heavy atom. The number of thioether (sulfide) groups is 1. The molecule has 0 aliphatic carbocycles. The SMILES string of the molecule is CNC1CCN(CC(=O)NCCSc2ccccc2)C1. The van der Waals surface area contributed by atoms with Crippen LogP contribution in [0.1, 0.15) is 6.42 Å². The number of likely N-dealkylation sites (N-methyl/N-ethyl adjacent to an activating group) is 1. The summed E-state index contributed by atoms with van der Waals surface area (Å²) < 4.78 is 0. The molecule has 0 saturated carbocycles. The van der Waals surface area contributed by atoms with Crippen LogP contribution in [0.2, 0.25) is 0 Å². The van der Waals surface area contributed by atoms with Crippen LogP contribution in [0.25, 0.3) is 0 Å². The fourth-order valence-electron chi connectivity index (χ4n) is 2.35. The van der Waals surface area contributed by atoms with Crippen LogP contribution >= 0.6 is 11.8 Å². The lowest BCUT2D eigenvalue weighted by Gasteiger charge is -2.15. The van der Waals surface area contributed by atoms with E-state index in [1.54, 1.807) is 11.8 Å². The minimum absolute atomic E-state index is 0.135. The van der Waals surface area contributed by atoms with Crippen LogP contribution in [0.4, 0.5) is 0 Å². The minimum atomic E-state index is 0.135. The van der Waals surface area contributed by atoms with Crippen molar-refractivity contribution in [1.29, 1.82) is 0 Å². The van der Waals surface area contributed by atoms with E-state index in [-0.39, 0.29) is 5.91 Å². The summed E-state index contributed by atoms with van der Waals surface area (Å²) in [6.45, 7) is 3.23. The molecular weight excluding hydrogens is 270 g/mol. The molecule has 0 spiro atoms. The zero-order chi connectivity index (χ0) is 14.2. The molecule has 1 amide bonds. The van der Waals surface area contributed by atoms with Crippen LogP contribution in [0, 0.1) is 0 Å². The Hall–Kier alpha value is -1.04. The third-order valence-corrected chi connectivity index (χ3v) is 4.50. The molecule has 0 aromatic heterocycles. The third kappa shape index (κ3) is 5.15. The maximum Gasteiger partial charge on any atom is 0.234 e. The van der Waals surface area contributed by atoms with Crippen molar-refractivity contribution >= 4 is 17.7 Å². The summed E-state index contributed by atoms with van der Waals surface area (Å²) in [4.78, 5) is 15.3. The Morgan fingerprint density at radius 1 is 1.40 bits per heavy atom. The van der Waals surface area contributed by atoms with Crippen LogP contribution in [-0.4, -0.2) is 55.8 Å². The lowest BCUT2D eigenvalue weighted by atomic mass is 10.3. The van der Waals surface area contributed by atoms with Gasteiger partial charge in [-0.15, -0.1) is 11.8 Å². The predicted molar refractivity (Wildman–Crippen MR) is 84.1 cm³/mol. The highest BCUT2D eigenvalue weighted by Gasteiger charge is 2.22. The second-order valence-electron chi connectivity index (χ2n) is 5.02. The molecule has 1 heterocycles. The van der Waals surface area contributed by atoms with Gasteiger partial charge in [0.1, 0.15) is 0 Å². The molecule has 1 unspecified atom stereocenters. The molecule has 1 fully saturated rings. The number of amides is 1. The van der Waals surface area contributed by atoms with Crippen LogP contribution in [0.3, 0.4) is 0 Å². The Balaban J connectivity index is 1.57. The van der Waals surface area contributed by atoms with E-state index in [0.29, 0.717) is 12.6 Å². The summed E-state index contributed by atoms with van der Waals surface area (Å²) in [6, 6.07) is 10.8. The standard InChI is InChI=1S/C15H23N3OS/c1-16-13-7-9-18(11-13)12-15(19)17-8-10-20-14-5-3-2-4-6-14/h2-6,13,16H,7-12H2,1H3,(H,17,19). The first kappa shape index (κ1) is 15.4. The number of nitrogens with zero attached hydrogens (tertiary/aromatic N) is 1. The van der Waals surface area contributed by atoms with Crippen molar-refractivity contribution in [3.8, 4) is 0 Å². The van der Waals surface area contributed by atoms with Gasteiger partial charge in [-0.3, -0.25) is 9.69 Å². The van der Waals surface area contributed by atoms with Gasteiger partial charge in [-0.1, -0.05) is 18.2 Å². The van der Waals surface area contributed by atoms with Crippen molar-refractivity contribution in [2.45, 2.75) is 17.4 Å². The molecule has 1 aliphatic rings. The summed E-state index contributed by atoms with van der Waals surface area (Å²) in [7, 11) is 1.98. The molecule has 2 rings (SSSR count). The number of rotatable bonds is 7. The molecule has 0 bridgehead atoms. The van der Waals surface area contributed by atoms with Crippen LogP contribution in [0.15, 0.2) is 35.2 Å². The number of benzene rings is 1. The molecule has 2 N–H and O–H groups in total. The van der Waals surface area contributed by atoms with Crippen LogP contribution in [0.5, 0.6) is 0 Å². The normalized spacial score (nSPS) is 19.1. The average Bonchev–Trinajstić information content (AvgIpc) is 2.92. The van der Waals surface area contributed by atoms with Gasteiger partial charge in [-0.2, -0.15) is 0 Å². The van der Waals surface area contributed by atoms with Gasteiger partial charge in [0.15, 0.2) is 0 Å². The average molecular weight is 293 g/mol. The molecular formula is C15H23N3OS. The van der Waals surface area contributed by atoms with E-state index in [1.807, 2.05) is 25.2 Å². The van der Waals surface area contributed by atoms with E-state index >= 15 is 0 Å². The van der Waals surface area contributed by atoms with Gasteiger partial charge >= 0.3 is 0 Å². The third-order valence-electron chi connectivity index (χ3n) is 3.48. The summed E-state index contributed by atoms with van der Waals surface area (Å²) in [5, 5.41) is 6.25. The fourth-order valence-corrected chi connectivity index (χ4v) is 3.14. The number of hydrogen-bond acceptors (Lipinski definition) is 4. The van der Waals surface area contributed by atoms with E-state index in [2.05, 4.69) is 27.7 Å². The van der Waals surface area contributed by atoms with Gasteiger partial charge in [0, 0.05) is 36.3 Å². The Bertz CT molecular complexity index is 413. The van der Waals surface area contributed by atoms with Gasteiger partial charge in [0.05, 0.1) is 6.54 Å². The molecule has 1 aliphatic heterocycles. The van der Waals surface area contributed by atoms with Crippen molar-refractivity contribution in [2.75, 3.05) is 39.0 Å². The lowest BCUT2D eigenvalue weighted by molar-refractivity contribution is -0.121. The molecule has 1 saturated heterocycles. The summed E-state index contributed by atoms with van der Waals surface area (Å²) >= 11 is 1.77. The molecule has 1 atom stereocenters. The Labute approximate surface area is 125 Å². The van der Waals surface area contributed by atoms with Crippen LogP contribution in [-0.2, 0) is 4.79 Å². The maximum absolute atomic E-state index is 11.8. The highest BCUT2D eigenvalue weighted by atomic mass is 32.2. The molecule has 0 radical (unpaired) electrons. The molecule has 20 heavy (non-hydrogen) atoms. The Kier molecular flexibility index (Phi) is 6.36. The maximum atomic E-state index is 11.8. The van der Waals surface area contributed by atoms with Crippen molar-refractivity contribution in [1.82, 2.24) is 15.5 Å². The number of nitrogens with one attached hydrogen (secondary N) is 2. The summed E-state index contributed by atoms with van der Waals surface area (Å²) in [5.41, 5.74) is 0. The molecule has 110 valence electrons. The fraction of sp³-hybridized carbons (Fsp3) is 0.533. The lowest BCUT2D eigenvalue weighted by Crippen LogP contribution is -2.38. The van der Waals surface area contributed by atoms with Gasteiger partial charge in [0.2, 0.25) is 5.91 Å². The van der Waals surface area contributed by atoms with E-state index in [4.69, 9.17) is 0 Å². The van der Waals surface area contributed by atoms with Crippen LogP contribution < -0.4 is 10.6 Å². The number of hydrogen-bond donors (Lipinski definition) is 2. The van der Waals surface area contributed by atoms with E-state index in [0.717, 1.165) is 31.8 Å². The monoisotopic (exact) mass is 293 g/mol. The van der Waals surface area contributed by atoms with E-state index < -0.39 is 0 Å². The smallest absolute Gasteiger partial charge is 0.234 e. The highest BCUT2D eigenvalue weighted by Crippen LogP contribution is 2.15. The molecule has 4 nitrogen and oxygen atoms in total.